The lowest BCUT2D eigenvalue weighted by Crippen LogP contribution is -2.45. The van der Waals surface area contributed by atoms with Gasteiger partial charge < -0.3 is 20.3 Å². The molecule has 1 saturated carbocycles. The summed E-state index contributed by atoms with van der Waals surface area (Å²) in [5.74, 6) is 1.49. The van der Waals surface area contributed by atoms with Crippen molar-refractivity contribution >= 4 is 36.0 Å². The summed E-state index contributed by atoms with van der Waals surface area (Å²) in [7, 11) is 0. The van der Waals surface area contributed by atoms with Crippen molar-refractivity contribution in [1.82, 2.24) is 15.5 Å². The van der Waals surface area contributed by atoms with Crippen molar-refractivity contribution in [2.24, 2.45) is 10.9 Å². The number of rotatable bonds is 4. The van der Waals surface area contributed by atoms with Crippen LogP contribution in [0.2, 0.25) is 0 Å². The molecule has 1 aliphatic heterocycles. The van der Waals surface area contributed by atoms with Gasteiger partial charge in [0.05, 0.1) is 0 Å². The molecule has 0 unspecified atom stereocenters. The van der Waals surface area contributed by atoms with Crippen molar-refractivity contribution in [3.8, 4) is 0 Å². The van der Waals surface area contributed by atoms with Gasteiger partial charge in [-0.1, -0.05) is 19.3 Å². The Balaban J connectivity index is 0.00000364. The van der Waals surface area contributed by atoms with E-state index in [4.69, 9.17) is 9.73 Å². The van der Waals surface area contributed by atoms with E-state index >= 15 is 0 Å². The molecule has 1 aliphatic carbocycles. The molecule has 0 bridgehead atoms. The minimum absolute atomic E-state index is 0. The van der Waals surface area contributed by atoms with Crippen LogP contribution < -0.4 is 10.6 Å². The summed E-state index contributed by atoms with van der Waals surface area (Å²) < 4.78 is 5.47. The standard InChI is InChI=1S/C20H38N4O2.HI/c1-5-21-18(23-17-9-7-6-8-10-17)22-15-16-11-13-24(14-12-16)19(25)26-20(2,3)4;/h16-17H,5-15H2,1-4H3,(H2,21,22,23);1H. The maximum Gasteiger partial charge on any atom is 0.410 e. The minimum Gasteiger partial charge on any atom is -0.444 e. The van der Waals surface area contributed by atoms with Gasteiger partial charge in [-0.15, -0.1) is 24.0 Å². The lowest BCUT2D eigenvalue weighted by atomic mass is 9.95. The molecule has 2 aliphatic rings. The molecule has 6 nitrogen and oxygen atoms in total. The molecule has 0 aromatic heterocycles. The van der Waals surface area contributed by atoms with Gasteiger partial charge in [0.15, 0.2) is 5.96 Å². The Morgan fingerprint density at radius 2 is 1.74 bits per heavy atom. The number of carbonyl (C=O) groups excluding carboxylic acids is 1. The highest BCUT2D eigenvalue weighted by Crippen LogP contribution is 2.20. The summed E-state index contributed by atoms with van der Waals surface area (Å²) >= 11 is 0. The van der Waals surface area contributed by atoms with E-state index in [2.05, 4.69) is 17.6 Å². The van der Waals surface area contributed by atoms with Gasteiger partial charge in [-0.3, -0.25) is 4.99 Å². The number of hydrogen-bond acceptors (Lipinski definition) is 3. The van der Waals surface area contributed by atoms with Crippen LogP contribution in [0.4, 0.5) is 4.79 Å². The van der Waals surface area contributed by atoms with Gasteiger partial charge in [-0.2, -0.15) is 0 Å². The second kappa shape index (κ2) is 12.0. The Labute approximate surface area is 182 Å². The highest BCUT2D eigenvalue weighted by atomic mass is 127. The number of carbonyl (C=O) groups is 1. The average molecular weight is 494 g/mol. The van der Waals surface area contributed by atoms with Gasteiger partial charge in [0.1, 0.15) is 5.60 Å². The number of halogens is 1. The van der Waals surface area contributed by atoms with Crippen molar-refractivity contribution < 1.29 is 9.53 Å². The first-order chi connectivity index (χ1) is 12.4. The van der Waals surface area contributed by atoms with E-state index in [1.54, 1.807) is 0 Å². The molecular weight excluding hydrogens is 455 g/mol. The van der Waals surface area contributed by atoms with Gasteiger partial charge in [0.2, 0.25) is 0 Å². The molecule has 1 amide bonds. The molecule has 2 rings (SSSR count). The third-order valence-corrected chi connectivity index (χ3v) is 5.06. The summed E-state index contributed by atoms with van der Waals surface area (Å²) in [6, 6.07) is 0.565. The molecular formula is C20H39IN4O2. The van der Waals surface area contributed by atoms with E-state index in [1.807, 2.05) is 25.7 Å². The Bertz CT molecular complexity index is 465. The quantitative estimate of drug-likeness (QED) is 0.350. The first kappa shape index (κ1) is 24.3. The molecule has 1 saturated heterocycles. The van der Waals surface area contributed by atoms with Crippen LogP contribution in [0.3, 0.4) is 0 Å². The Kier molecular flexibility index (Phi) is 10.8. The molecule has 158 valence electrons. The van der Waals surface area contributed by atoms with Crippen LogP contribution in [-0.4, -0.2) is 54.8 Å². The molecule has 7 heteroatoms. The van der Waals surface area contributed by atoms with E-state index in [0.717, 1.165) is 45.0 Å². The molecule has 0 aromatic rings. The van der Waals surface area contributed by atoms with Crippen LogP contribution in [-0.2, 0) is 4.74 Å². The first-order valence-corrected chi connectivity index (χ1v) is 10.4. The van der Waals surface area contributed by atoms with Crippen LogP contribution in [0.15, 0.2) is 4.99 Å². The summed E-state index contributed by atoms with van der Waals surface area (Å²) in [6.45, 7) is 11.1. The molecule has 1 heterocycles. The van der Waals surface area contributed by atoms with Gasteiger partial charge in [0, 0.05) is 32.2 Å². The van der Waals surface area contributed by atoms with Crippen LogP contribution in [0.25, 0.3) is 0 Å². The Hall–Kier alpha value is -0.730. The van der Waals surface area contributed by atoms with Crippen molar-refractivity contribution in [2.45, 2.75) is 84.3 Å². The molecule has 27 heavy (non-hydrogen) atoms. The average Bonchev–Trinajstić information content (AvgIpc) is 2.60. The Morgan fingerprint density at radius 3 is 2.30 bits per heavy atom. The smallest absolute Gasteiger partial charge is 0.410 e. The van der Waals surface area contributed by atoms with E-state index in [1.165, 1.54) is 32.1 Å². The molecule has 0 radical (unpaired) electrons. The van der Waals surface area contributed by atoms with Crippen LogP contribution in [0.1, 0.15) is 72.6 Å². The largest absolute Gasteiger partial charge is 0.444 e. The molecule has 0 atom stereocenters. The zero-order valence-electron chi connectivity index (χ0n) is 17.6. The molecule has 0 spiro atoms. The minimum atomic E-state index is -0.427. The summed E-state index contributed by atoms with van der Waals surface area (Å²) in [5, 5.41) is 6.98. The molecule has 0 aromatic carbocycles. The SMILES string of the molecule is CCNC(=NCC1CCN(C(=O)OC(C)(C)C)CC1)NC1CCCCC1.I. The fourth-order valence-electron chi connectivity index (χ4n) is 3.61. The van der Waals surface area contributed by atoms with E-state index in [0.29, 0.717) is 12.0 Å². The monoisotopic (exact) mass is 494 g/mol. The molecule has 2 N–H and O–H groups in total. The number of piperidine rings is 1. The van der Waals surface area contributed by atoms with Crippen molar-refractivity contribution in [2.75, 3.05) is 26.2 Å². The third-order valence-electron chi connectivity index (χ3n) is 5.06. The number of ether oxygens (including phenoxy) is 1. The van der Waals surface area contributed by atoms with Crippen molar-refractivity contribution in [3.05, 3.63) is 0 Å². The predicted octanol–water partition coefficient (Wildman–Crippen LogP) is 4.14. The van der Waals surface area contributed by atoms with Crippen LogP contribution >= 0.6 is 24.0 Å². The van der Waals surface area contributed by atoms with Crippen LogP contribution in [0.5, 0.6) is 0 Å². The maximum atomic E-state index is 12.1. The fourth-order valence-corrected chi connectivity index (χ4v) is 3.61. The summed E-state index contributed by atoms with van der Waals surface area (Å²) in [4.78, 5) is 18.8. The number of aliphatic imine (C=N–C) groups is 1. The highest BCUT2D eigenvalue weighted by Gasteiger charge is 2.26. The highest BCUT2D eigenvalue weighted by molar-refractivity contribution is 14.0. The summed E-state index contributed by atoms with van der Waals surface area (Å²) in [5.41, 5.74) is -0.427. The fraction of sp³-hybridized carbons (Fsp3) is 0.900. The third kappa shape index (κ3) is 9.34. The second-order valence-electron chi connectivity index (χ2n) is 8.61. The predicted molar refractivity (Wildman–Crippen MR) is 122 cm³/mol. The number of amides is 1. The van der Waals surface area contributed by atoms with Gasteiger partial charge in [0.25, 0.3) is 0 Å². The lowest BCUT2D eigenvalue weighted by molar-refractivity contribution is 0.0187. The number of hydrogen-bond donors (Lipinski definition) is 2. The summed E-state index contributed by atoms with van der Waals surface area (Å²) in [6.07, 6.45) is 8.29. The number of nitrogens with one attached hydrogen (secondary N) is 2. The second-order valence-corrected chi connectivity index (χ2v) is 8.61. The number of likely N-dealkylation sites (tertiary alicyclic amines) is 1. The van der Waals surface area contributed by atoms with Crippen molar-refractivity contribution in [3.63, 3.8) is 0 Å². The van der Waals surface area contributed by atoms with E-state index in [-0.39, 0.29) is 30.1 Å². The number of nitrogens with zero attached hydrogens (tertiary/aromatic N) is 2. The van der Waals surface area contributed by atoms with Crippen molar-refractivity contribution in [1.29, 1.82) is 0 Å². The lowest BCUT2D eigenvalue weighted by Gasteiger charge is -2.33. The number of guanidine groups is 1. The maximum absolute atomic E-state index is 12.1. The normalized spacial score (nSPS) is 20.0. The van der Waals surface area contributed by atoms with E-state index < -0.39 is 5.60 Å². The first-order valence-electron chi connectivity index (χ1n) is 10.4. The Morgan fingerprint density at radius 1 is 1.11 bits per heavy atom. The zero-order valence-corrected chi connectivity index (χ0v) is 19.9. The molecule has 2 fully saturated rings. The van der Waals surface area contributed by atoms with Gasteiger partial charge in [-0.05, 0) is 59.3 Å². The topological polar surface area (TPSA) is 66.0 Å². The van der Waals surface area contributed by atoms with E-state index in [9.17, 15) is 4.79 Å². The van der Waals surface area contributed by atoms with Crippen LogP contribution in [0, 0.1) is 5.92 Å². The van der Waals surface area contributed by atoms with Gasteiger partial charge in [-0.25, -0.2) is 4.79 Å². The zero-order chi connectivity index (χ0) is 19.0. The van der Waals surface area contributed by atoms with Gasteiger partial charge >= 0.3 is 6.09 Å².